The van der Waals surface area contributed by atoms with Gasteiger partial charge < -0.3 is 20.1 Å². The number of anilines is 2. The van der Waals surface area contributed by atoms with E-state index in [9.17, 15) is 14.4 Å². The molecule has 0 aliphatic heterocycles. The zero-order valence-corrected chi connectivity index (χ0v) is 17.2. The van der Waals surface area contributed by atoms with Crippen LogP contribution in [0.1, 0.15) is 19.3 Å². The number of carbonyl (C=O) groups is 3. The predicted octanol–water partition coefficient (Wildman–Crippen LogP) is 4.29. The van der Waals surface area contributed by atoms with Crippen LogP contribution in [-0.4, -0.2) is 31.5 Å². The van der Waals surface area contributed by atoms with E-state index in [0.29, 0.717) is 22.1 Å². The topological polar surface area (TPSA) is 93.7 Å². The molecular weight excluding hydrogens is 419 g/mol. The van der Waals surface area contributed by atoms with Crippen molar-refractivity contribution in [3.8, 4) is 5.75 Å². The molecular formula is C20H20Cl2N2O5. The van der Waals surface area contributed by atoms with Gasteiger partial charge in [-0.3, -0.25) is 14.4 Å². The summed E-state index contributed by atoms with van der Waals surface area (Å²) in [4.78, 5) is 35.6. The molecule has 2 N–H and O–H groups in total. The number of hydrogen-bond donors (Lipinski definition) is 2. The van der Waals surface area contributed by atoms with Crippen LogP contribution in [-0.2, 0) is 19.1 Å². The van der Waals surface area contributed by atoms with Gasteiger partial charge in [-0.1, -0.05) is 41.4 Å². The maximum atomic E-state index is 12.0. The Morgan fingerprint density at radius 1 is 0.897 bits per heavy atom. The number of esters is 1. The summed E-state index contributed by atoms with van der Waals surface area (Å²) in [6.07, 6.45) is 0.406. The highest BCUT2D eigenvalue weighted by atomic mass is 35.5. The number of para-hydroxylation sites is 2. The molecule has 0 saturated heterocycles. The number of ether oxygens (including phenoxy) is 2. The Hall–Kier alpha value is -2.77. The van der Waals surface area contributed by atoms with Crippen LogP contribution in [0.25, 0.3) is 0 Å². The number of methoxy groups -OCH3 is 1. The third-order valence-corrected chi connectivity index (χ3v) is 4.57. The SMILES string of the molecule is COc1ccccc1NC(=O)CCCC(=O)OCC(=O)Nc1cccc(Cl)c1Cl. The zero-order valence-electron chi connectivity index (χ0n) is 15.7. The van der Waals surface area contributed by atoms with Gasteiger partial charge >= 0.3 is 5.97 Å². The molecule has 2 aromatic carbocycles. The number of carbonyl (C=O) groups excluding carboxylic acids is 3. The molecule has 0 saturated carbocycles. The second-order valence-electron chi connectivity index (χ2n) is 5.91. The van der Waals surface area contributed by atoms with Crippen molar-refractivity contribution < 1.29 is 23.9 Å². The van der Waals surface area contributed by atoms with Crippen molar-refractivity contribution in [2.24, 2.45) is 0 Å². The summed E-state index contributed by atoms with van der Waals surface area (Å²) < 4.78 is 10.1. The maximum Gasteiger partial charge on any atom is 0.306 e. The Morgan fingerprint density at radius 3 is 2.34 bits per heavy atom. The van der Waals surface area contributed by atoms with E-state index in [1.54, 1.807) is 42.5 Å². The summed E-state index contributed by atoms with van der Waals surface area (Å²) in [5.74, 6) is -0.833. The predicted molar refractivity (Wildman–Crippen MR) is 112 cm³/mol. The van der Waals surface area contributed by atoms with Crippen molar-refractivity contribution in [3.63, 3.8) is 0 Å². The Bertz CT molecular complexity index is 889. The van der Waals surface area contributed by atoms with Crippen molar-refractivity contribution in [2.45, 2.75) is 19.3 Å². The molecule has 0 aliphatic rings. The molecule has 0 aromatic heterocycles. The number of nitrogens with one attached hydrogen (secondary N) is 2. The van der Waals surface area contributed by atoms with Gasteiger partial charge in [0.05, 0.1) is 28.5 Å². The van der Waals surface area contributed by atoms with Crippen molar-refractivity contribution in [3.05, 3.63) is 52.5 Å². The normalized spacial score (nSPS) is 10.2. The average molecular weight is 439 g/mol. The summed E-state index contributed by atoms with van der Waals surface area (Å²) in [6.45, 7) is -0.463. The quantitative estimate of drug-likeness (QED) is 0.569. The van der Waals surface area contributed by atoms with Gasteiger partial charge in [0.2, 0.25) is 5.91 Å². The van der Waals surface area contributed by atoms with Crippen LogP contribution in [0.15, 0.2) is 42.5 Å². The van der Waals surface area contributed by atoms with Gasteiger partial charge in [-0.2, -0.15) is 0 Å². The van der Waals surface area contributed by atoms with Crippen LogP contribution in [0, 0.1) is 0 Å². The molecule has 2 amide bonds. The van der Waals surface area contributed by atoms with Crippen LogP contribution in [0.2, 0.25) is 10.0 Å². The second kappa shape index (κ2) is 11.3. The molecule has 29 heavy (non-hydrogen) atoms. The van der Waals surface area contributed by atoms with Crippen LogP contribution in [0.5, 0.6) is 5.75 Å². The first-order valence-corrected chi connectivity index (χ1v) is 9.48. The lowest BCUT2D eigenvalue weighted by Crippen LogP contribution is -2.21. The Morgan fingerprint density at radius 2 is 1.59 bits per heavy atom. The van der Waals surface area contributed by atoms with Gasteiger partial charge in [0, 0.05) is 12.8 Å². The molecule has 0 fully saturated rings. The number of rotatable bonds is 9. The third-order valence-electron chi connectivity index (χ3n) is 3.76. The number of benzene rings is 2. The molecule has 2 aromatic rings. The van der Waals surface area contributed by atoms with Crippen LogP contribution < -0.4 is 15.4 Å². The van der Waals surface area contributed by atoms with E-state index < -0.39 is 18.5 Å². The largest absolute Gasteiger partial charge is 0.495 e. The van der Waals surface area contributed by atoms with E-state index in [-0.39, 0.29) is 30.2 Å². The molecule has 0 atom stereocenters. The van der Waals surface area contributed by atoms with Crippen molar-refractivity contribution in [1.82, 2.24) is 0 Å². The monoisotopic (exact) mass is 438 g/mol. The number of halogens is 2. The smallest absolute Gasteiger partial charge is 0.306 e. The molecule has 154 valence electrons. The molecule has 0 radical (unpaired) electrons. The van der Waals surface area contributed by atoms with Gasteiger partial charge in [0.15, 0.2) is 6.61 Å². The lowest BCUT2D eigenvalue weighted by Gasteiger charge is -2.10. The Labute approximate surface area is 178 Å². The molecule has 9 heteroatoms. The van der Waals surface area contributed by atoms with Gasteiger partial charge in [0.1, 0.15) is 5.75 Å². The van der Waals surface area contributed by atoms with E-state index in [1.807, 2.05) is 0 Å². The van der Waals surface area contributed by atoms with Gasteiger partial charge in [0.25, 0.3) is 5.91 Å². The van der Waals surface area contributed by atoms with E-state index >= 15 is 0 Å². The van der Waals surface area contributed by atoms with E-state index in [4.69, 9.17) is 32.7 Å². The first-order valence-electron chi connectivity index (χ1n) is 8.73. The van der Waals surface area contributed by atoms with E-state index in [1.165, 1.54) is 7.11 Å². The van der Waals surface area contributed by atoms with Crippen molar-refractivity contribution >= 4 is 52.4 Å². The molecule has 2 rings (SSSR count). The number of hydrogen-bond acceptors (Lipinski definition) is 5. The summed E-state index contributed by atoms with van der Waals surface area (Å²) in [7, 11) is 1.51. The fourth-order valence-electron chi connectivity index (χ4n) is 2.36. The third kappa shape index (κ3) is 7.29. The molecule has 0 unspecified atom stereocenters. The minimum absolute atomic E-state index is 0.00451. The lowest BCUT2D eigenvalue weighted by molar-refractivity contribution is -0.147. The molecule has 0 aliphatic carbocycles. The molecule has 0 heterocycles. The standard InChI is InChI=1S/C20H20Cl2N2O5/c1-28-16-9-3-2-7-14(16)23-17(25)10-5-11-19(27)29-12-18(26)24-15-8-4-6-13(21)20(15)22/h2-4,6-9H,5,10-12H2,1H3,(H,23,25)(H,24,26). The summed E-state index contributed by atoms with van der Waals surface area (Å²) in [5.41, 5.74) is 0.882. The van der Waals surface area contributed by atoms with Gasteiger partial charge in [-0.05, 0) is 30.7 Å². The second-order valence-corrected chi connectivity index (χ2v) is 6.70. The first-order chi connectivity index (χ1) is 13.9. The van der Waals surface area contributed by atoms with Gasteiger partial charge in [-0.25, -0.2) is 0 Å². The van der Waals surface area contributed by atoms with Crippen LogP contribution in [0.3, 0.4) is 0 Å². The first kappa shape index (κ1) is 22.5. The minimum atomic E-state index is -0.581. The highest BCUT2D eigenvalue weighted by molar-refractivity contribution is 6.44. The van der Waals surface area contributed by atoms with Gasteiger partial charge in [-0.15, -0.1) is 0 Å². The Balaban J connectivity index is 1.68. The fourth-order valence-corrected chi connectivity index (χ4v) is 2.71. The van der Waals surface area contributed by atoms with E-state index in [0.717, 1.165) is 0 Å². The molecule has 0 spiro atoms. The van der Waals surface area contributed by atoms with Crippen molar-refractivity contribution in [1.29, 1.82) is 0 Å². The fraction of sp³-hybridized carbons (Fsp3) is 0.250. The molecule has 0 bridgehead atoms. The van der Waals surface area contributed by atoms with E-state index in [2.05, 4.69) is 10.6 Å². The summed E-state index contributed by atoms with van der Waals surface area (Å²) >= 11 is 11.8. The highest BCUT2D eigenvalue weighted by Crippen LogP contribution is 2.29. The lowest BCUT2D eigenvalue weighted by atomic mass is 10.2. The number of amides is 2. The maximum absolute atomic E-state index is 12.0. The van der Waals surface area contributed by atoms with Crippen LogP contribution >= 0.6 is 23.2 Å². The highest BCUT2D eigenvalue weighted by Gasteiger charge is 2.12. The summed E-state index contributed by atoms with van der Waals surface area (Å²) in [6, 6.07) is 11.8. The minimum Gasteiger partial charge on any atom is -0.495 e. The van der Waals surface area contributed by atoms with Crippen molar-refractivity contribution in [2.75, 3.05) is 24.4 Å². The average Bonchev–Trinajstić information content (AvgIpc) is 2.70. The Kier molecular flexibility index (Phi) is 8.76. The summed E-state index contributed by atoms with van der Waals surface area (Å²) in [5, 5.41) is 5.73. The molecule has 7 nitrogen and oxygen atoms in total. The zero-order chi connectivity index (χ0) is 21.2. The van der Waals surface area contributed by atoms with Crippen LogP contribution in [0.4, 0.5) is 11.4 Å².